The topological polar surface area (TPSA) is 78.7 Å². The van der Waals surface area contributed by atoms with Crippen LogP contribution in [0.5, 0.6) is 0 Å². The Morgan fingerprint density at radius 1 is 0.580 bits per heavy atom. The number of likely N-dealkylation sites (N-methyl/N-ethyl adjacent to an activating group) is 2. The fraction of sp³-hybridized carbons (Fsp3) is 0.143. The van der Waals surface area contributed by atoms with Gasteiger partial charge in [-0.05, 0) is 93.4 Å². The highest BCUT2D eigenvalue weighted by Gasteiger charge is 2.48. The summed E-state index contributed by atoms with van der Waals surface area (Å²) in [6.45, 7) is 4.74. The highest BCUT2D eigenvalue weighted by atomic mass is 16.2. The molecule has 0 radical (unpaired) electrons. The number of nitrogens with one attached hydrogen (secondary N) is 2. The van der Waals surface area contributed by atoms with Gasteiger partial charge in [0, 0.05) is 35.8 Å². The standard InChI is InChI=1S/C42H38N6O2/c1-3-45-39(33-25-27-35(43-33)47(29-17-9-5-10-18-29)30-19-11-6-12-20-30)37-38(41(45)49)40(46(4-2)42(37)50)34-26-28-36(44-34)48(31-21-13-7-14-22-31)32-23-15-8-16-24-32/h5-15,17-23,25-28,43-44H,3-4,16,24H2,1-2H3. The molecule has 0 saturated carbocycles. The molecule has 0 unspecified atom stereocenters. The molecule has 8 rings (SSSR count). The molecule has 3 aromatic carbocycles. The third kappa shape index (κ3) is 5.17. The fourth-order valence-electron chi connectivity index (χ4n) is 7.26. The lowest BCUT2D eigenvalue weighted by Gasteiger charge is -2.27. The number of allylic oxidation sites excluding steroid dienone is 4. The maximum atomic E-state index is 14.4. The molecule has 2 N–H and O–H groups in total. The Labute approximate surface area is 292 Å². The van der Waals surface area contributed by atoms with Crippen molar-refractivity contribution in [3.05, 3.63) is 162 Å². The van der Waals surface area contributed by atoms with Gasteiger partial charge in [-0.3, -0.25) is 14.5 Å². The second kappa shape index (κ2) is 13.0. The normalized spacial score (nSPS) is 15.7. The molecule has 0 atom stereocenters. The summed E-state index contributed by atoms with van der Waals surface area (Å²) in [5.41, 5.74) is 7.71. The first-order valence-electron chi connectivity index (χ1n) is 17.2. The minimum absolute atomic E-state index is 0.174. The zero-order valence-corrected chi connectivity index (χ0v) is 28.1. The van der Waals surface area contributed by atoms with Gasteiger partial charge in [-0.1, -0.05) is 66.7 Å². The van der Waals surface area contributed by atoms with Gasteiger partial charge < -0.3 is 24.7 Å². The molecule has 5 aromatic rings. The number of amides is 2. The van der Waals surface area contributed by atoms with Gasteiger partial charge in [0.2, 0.25) is 0 Å². The molecule has 2 aliphatic heterocycles. The van der Waals surface area contributed by atoms with Gasteiger partial charge in [-0.15, -0.1) is 0 Å². The van der Waals surface area contributed by atoms with E-state index < -0.39 is 0 Å². The van der Waals surface area contributed by atoms with Crippen molar-refractivity contribution in [3.63, 3.8) is 0 Å². The van der Waals surface area contributed by atoms with Crippen molar-refractivity contribution in [1.29, 1.82) is 0 Å². The lowest BCUT2D eigenvalue weighted by Crippen LogP contribution is -2.30. The average molecular weight is 659 g/mol. The van der Waals surface area contributed by atoms with Gasteiger partial charge in [0.25, 0.3) is 11.8 Å². The highest BCUT2D eigenvalue weighted by Crippen LogP contribution is 2.47. The Hall–Kier alpha value is -6.28. The summed E-state index contributed by atoms with van der Waals surface area (Å²) in [7, 11) is 0. The van der Waals surface area contributed by atoms with Gasteiger partial charge in [0.15, 0.2) is 0 Å². The van der Waals surface area contributed by atoms with Crippen LogP contribution in [0.1, 0.15) is 38.1 Å². The second-order valence-corrected chi connectivity index (χ2v) is 12.4. The molecule has 1 aliphatic carbocycles. The first-order chi connectivity index (χ1) is 24.6. The number of benzene rings is 3. The maximum absolute atomic E-state index is 14.4. The van der Waals surface area contributed by atoms with Gasteiger partial charge >= 0.3 is 0 Å². The molecule has 0 bridgehead atoms. The number of fused-ring (bicyclic) bond motifs is 1. The predicted molar refractivity (Wildman–Crippen MR) is 200 cm³/mol. The third-order valence-corrected chi connectivity index (χ3v) is 9.47. The molecular weight excluding hydrogens is 621 g/mol. The van der Waals surface area contributed by atoms with Crippen LogP contribution in [-0.2, 0) is 9.59 Å². The molecule has 2 amide bonds. The van der Waals surface area contributed by atoms with E-state index in [2.05, 4.69) is 74.4 Å². The van der Waals surface area contributed by atoms with Crippen molar-refractivity contribution >= 4 is 51.9 Å². The Balaban J connectivity index is 1.24. The quantitative estimate of drug-likeness (QED) is 0.157. The van der Waals surface area contributed by atoms with Crippen molar-refractivity contribution in [2.45, 2.75) is 26.7 Å². The maximum Gasteiger partial charge on any atom is 0.261 e. The number of rotatable bonds is 10. The van der Waals surface area contributed by atoms with Crippen LogP contribution >= 0.6 is 0 Å². The van der Waals surface area contributed by atoms with Gasteiger partial charge in [-0.25, -0.2) is 0 Å². The highest BCUT2D eigenvalue weighted by molar-refractivity contribution is 6.30. The SMILES string of the molecule is CCN1C(=O)C2=C(c3ccc(N(c4ccccc4)c4ccccc4)[nH]3)N(CC)C(=O)C2=C1c1ccc(N(C2=CC=CCC2)c2ccccc2)[nH]1. The van der Waals surface area contributed by atoms with Gasteiger partial charge in [0.1, 0.15) is 11.6 Å². The van der Waals surface area contributed by atoms with E-state index in [1.807, 2.05) is 92.7 Å². The van der Waals surface area contributed by atoms with Crippen LogP contribution in [0.3, 0.4) is 0 Å². The number of hydrogen-bond donors (Lipinski definition) is 2. The number of aromatic nitrogens is 2. The molecule has 8 nitrogen and oxygen atoms in total. The molecule has 8 heteroatoms. The molecule has 3 aliphatic rings. The number of carbonyl (C=O) groups is 2. The Bertz CT molecular complexity index is 2150. The van der Waals surface area contributed by atoms with E-state index >= 15 is 0 Å². The van der Waals surface area contributed by atoms with E-state index in [4.69, 9.17) is 0 Å². The first-order valence-corrected chi connectivity index (χ1v) is 17.2. The summed E-state index contributed by atoms with van der Waals surface area (Å²) in [6, 6.07) is 38.5. The lowest BCUT2D eigenvalue weighted by atomic mass is 10.1. The zero-order valence-electron chi connectivity index (χ0n) is 28.1. The van der Waals surface area contributed by atoms with Crippen LogP contribution in [0.4, 0.5) is 28.7 Å². The minimum Gasteiger partial charge on any atom is -0.340 e. The summed E-state index contributed by atoms with van der Waals surface area (Å²) in [5, 5.41) is 0. The lowest BCUT2D eigenvalue weighted by molar-refractivity contribution is -0.124. The van der Waals surface area contributed by atoms with Gasteiger partial charge in [-0.2, -0.15) is 0 Å². The Kier molecular flexibility index (Phi) is 8.04. The number of nitrogens with zero attached hydrogens (tertiary/aromatic N) is 4. The summed E-state index contributed by atoms with van der Waals surface area (Å²) in [5.74, 6) is 1.35. The van der Waals surface area contributed by atoms with Crippen LogP contribution in [0.15, 0.2) is 150 Å². The van der Waals surface area contributed by atoms with Crippen molar-refractivity contribution in [3.8, 4) is 0 Å². The van der Waals surface area contributed by atoms with E-state index in [1.54, 1.807) is 9.80 Å². The average Bonchev–Trinajstić information content (AvgIpc) is 3.95. The zero-order chi connectivity index (χ0) is 34.2. The third-order valence-electron chi connectivity index (χ3n) is 9.47. The second-order valence-electron chi connectivity index (χ2n) is 12.4. The first kappa shape index (κ1) is 31.0. The number of para-hydroxylation sites is 3. The van der Waals surface area contributed by atoms with Crippen molar-refractivity contribution in [2.75, 3.05) is 22.9 Å². The molecule has 0 saturated heterocycles. The van der Waals surface area contributed by atoms with Crippen molar-refractivity contribution in [2.24, 2.45) is 0 Å². The molecule has 50 heavy (non-hydrogen) atoms. The van der Waals surface area contributed by atoms with Crippen LogP contribution in [0, 0.1) is 0 Å². The summed E-state index contributed by atoms with van der Waals surface area (Å²) >= 11 is 0. The van der Waals surface area contributed by atoms with Gasteiger partial charge in [0.05, 0.1) is 33.9 Å². The van der Waals surface area contributed by atoms with Crippen molar-refractivity contribution < 1.29 is 9.59 Å². The van der Waals surface area contributed by atoms with E-state index in [0.717, 1.165) is 47.2 Å². The van der Waals surface area contributed by atoms with E-state index in [-0.39, 0.29) is 11.8 Å². The van der Waals surface area contributed by atoms with E-state index in [0.29, 0.717) is 41.3 Å². The summed E-state index contributed by atoms with van der Waals surface area (Å²) in [4.78, 5) is 43.7. The molecular formula is C42H38N6O2. The number of aromatic amines is 2. The Morgan fingerprint density at radius 3 is 1.44 bits per heavy atom. The number of anilines is 5. The molecule has 4 heterocycles. The van der Waals surface area contributed by atoms with E-state index in [1.165, 1.54) is 5.70 Å². The van der Waals surface area contributed by atoms with Crippen molar-refractivity contribution in [1.82, 2.24) is 19.8 Å². The van der Waals surface area contributed by atoms with E-state index in [9.17, 15) is 9.59 Å². The molecule has 0 spiro atoms. The minimum atomic E-state index is -0.174. The molecule has 2 aromatic heterocycles. The molecule has 248 valence electrons. The summed E-state index contributed by atoms with van der Waals surface area (Å²) in [6.07, 6.45) is 8.27. The largest absolute Gasteiger partial charge is 0.340 e. The van der Waals surface area contributed by atoms with Crippen LogP contribution in [0.25, 0.3) is 11.4 Å². The number of carbonyl (C=O) groups excluding carboxylic acids is 2. The fourth-order valence-corrected chi connectivity index (χ4v) is 7.26. The van der Waals surface area contributed by atoms with Crippen LogP contribution in [0.2, 0.25) is 0 Å². The van der Waals surface area contributed by atoms with Crippen LogP contribution < -0.4 is 9.80 Å². The van der Waals surface area contributed by atoms with Crippen LogP contribution in [-0.4, -0.2) is 44.7 Å². The summed E-state index contributed by atoms with van der Waals surface area (Å²) < 4.78 is 0. The smallest absolute Gasteiger partial charge is 0.261 e. The monoisotopic (exact) mass is 658 g/mol. The predicted octanol–water partition coefficient (Wildman–Crippen LogP) is 9.03. The molecule has 0 fully saturated rings. The Morgan fingerprint density at radius 2 is 1.02 bits per heavy atom. The number of H-pyrrole nitrogens is 2. The number of hydrogen-bond acceptors (Lipinski definition) is 4.